The third-order valence-electron chi connectivity index (χ3n) is 1.71. The maximum absolute atomic E-state index is 11.7. The molecule has 0 aliphatic rings. The summed E-state index contributed by atoms with van der Waals surface area (Å²) in [6, 6.07) is 0. The van der Waals surface area contributed by atoms with Gasteiger partial charge in [0.05, 0.1) is 6.42 Å². The Balaban J connectivity index is 4.74. The summed E-state index contributed by atoms with van der Waals surface area (Å²) in [6.45, 7) is 5.74. The molecule has 5 heteroatoms. The highest BCUT2D eigenvalue weighted by molar-refractivity contribution is 5.93. The van der Waals surface area contributed by atoms with Gasteiger partial charge in [-0.25, -0.2) is 4.79 Å². The van der Waals surface area contributed by atoms with Crippen molar-refractivity contribution >= 4 is 11.9 Å². The number of carbonyl (C=O) groups is 2. The zero-order valence-corrected chi connectivity index (χ0v) is 11.1. The maximum Gasteiger partial charge on any atom is 0.334 e. The van der Waals surface area contributed by atoms with Crippen molar-refractivity contribution in [1.29, 1.82) is 0 Å². The number of aliphatic carboxylic acids is 1. The molecule has 0 fully saturated rings. The molecule has 0 spiro atoms. The van der Waals surface area contributed by atoms with Crippen LogP contribution in [0.1, 0.15) is 27.2 Å². The summed E-state index contributed by atoms with van der Waals surface area (Å²) >= 11 is 0. The number of hydrogen-bond donors (Lipinski definition) is 1. The van der Waals surface area contributed by atoms with Crippen molar-refractivity contribution in [2.75, 3.05) is 20.6 Å². The first kappa shape index (κ1) is 15.6. The molecule has 0 saturated carbocycles. The average Bonchev–Trinajstić information content (AvgIpc) is 2.08. The van der Waals surface area contributed by atoms with Gasteiger partial charge in [-0.05, 0) is 34.9 Å². The first-order chi connectivity index (χ1) is 7.61. The molecule has 0 atom stereocenters. The van der Waals surface area contributed by atoms with Crippen molar-refractivity contribution in [3.05, 3.63) is 11.6 Å². The van der Waals surface area contributed by atoms with E-state index in [4.69, 9.17) is 9.84 Å². The number of ether oxygens (including phenoxy) is 1. The van der Waals surface area contributed by atoms with Gasteiger partial charge in [0, 0.05) is 12.1 Å². The number of hydrogen-bond acceptors (Lipinski definition) is 4. The Morgan fingerprint density at radius 2 is 1.82 bits per heavy atom. The number of carboxylic acid groups (broad SMARTS) is 1. The first-order valence-corrected chi connectivity index (χ1v) is 5.40. The molecule has 0 amide bonds. The van der Waals surface area contributed by atoms with E-state index >= 15 is 0 Å². The molecule has 0 aliphatic carbocycles. The van der Waals surface area contributed by atoms with Crippen LogP contribution in [0.4, 0.5) is 0 Å². The van der Waals surface area contributed by atoms with Gasteiger partial charge < -0.3 is 14.7 Å². The number of carboxylic acids is 1. The minimum Gasteiger partial charge on any atom is -0.481 e. The predicted molar refractivity (Wildman–Crippen MR) is 64.7 cm³/mol. The molecule has 0 aromatic rings. The Labute approximate surface area is 102 Å². The van der Waals surface area contributed by atoms with E-state index in [1.165, 1.54) is 0 Å². The molecule has 0 aromatic carbocycles. The lowest BCUT2D eigenvalue weighted by molar-refractivity contribution is -0.151. The summed E-state index contributed by atoms with van der Waals surface area (Å²) in [5.74, 6) is -1.61. The molecular weight excluding hydrogens is 222 g/mol. The first-order valence-electron chi connectivity index (χ1n) is 5.40. The van der Waals surface area contributed by atoms with Crippen molar-refractivity contribution in [2.45, 2.75) is 32.8 Å². The molecule has 0 radical (unpaired) electrons. The van der Waals surface area contributed by atoms with Crippen LogP contribution in [-0.2, 0) is 14.3 Å². The molecule has 98 valence electrons. The highest BCUT2D eigenvalue weighted by Gasteiger charge is 2.21. The standard InChI is InChI=1S/C12H21NO4/c1-12(2,3)17-11(16)9(8-10(14)15)6-7-13(4)5/h6H,7-8H2,1-5H3,(H,14,15)/b9-6+. The molecule has 0 unspecified atom stereocenters. The second-order valence-corrected chi connectivity index (χ2v) is 5.06. The van der Waals surface area contributed by atoms with Gasteiger partial charge in [-0.15, -0.1) is 0 Å². The van der Waals surface area contributed by atoms with Crippen molar-refractivity contribution in [3.8, 4) is 0 Å². The van der Waals surface area contributed by atoms with E-state index in [1.807, 2.05) is 19.0 Å². The second-order valence-electron chi connectivity index (χ2n) is 5.06. The lowest BCUT2D eigenvalue weighted by Crippen LogP contribution is -2.26. The summed E-state index contributed by atoms with van der Waals surface area (Å²) in [5.41, 5.74) is -0.437. The highest BCUT2D eigenvalue weighted by Crippen LogP contribution is 2.13. The van der Waals surface area contributed by atoms with Crippen LogP contribution < -0.4 is 0 Å². The van der Waals surface area contributed by atoms with Crippen molar-refractivity contribution in [2.24, 2.45) is 0 Å². The lowest BCUT2D eigenvalue weighted by atomic mass is 10.1. The molecule has 0 bridgehead atoms. The maximum atomic E-state index is 11.7. The molecule has 1 N–H and O–H groups in total. The van der Waals surface area contributed by atoms with Gasteiger partial charge in [-0.3, -0.25) is 4.79 Å². The Bertz CT molecular complexity index is 313. The van der Waals surface area contributed by atoms with Crippen LogP contribution in [0.5, 0.6) is 0 Å². The van der Waals surface area contributed by atoms with Crippen LogP contribution in [0.3, 0.4) is 0 Å². The minimum atomic E-state index is -1.04. The quantitative estimate of drug-likeness (QED) is 0.582. The average molecular weight is 243 g/mol. The smallest absolute Gasteiger partial charge is 0.334 e. The molecule has 0 heterocycles. The fraction of sp³-hybridized carbons (Fsp3) is 0.667. The van der Waals surface area contributed by atoms with Crippen LogP contribution >= 0.6 is 0 Å². The fourth-order valence-electron chi connectivity index (χ4n) is 1.03. The van der Waals surface area contributed by atoms with E-state index in [0.29, 0.717) is 6.54 Å². The van der Waals surface area contributed by atoms with E-state index in [2.05, 4.69) is 0 Å². The summed E-state index contributed by atoms with van der Waals surface area (Å²) < 4.78 is 5.14. The van der Waals surface area contributed by atoms with Crippen LogP contribution in [0, 0.1) is 0 Å². The fourth-order valence-corrected chi connectivity index (χ4v) is 1.03. The summed E-state index contributed by atoms with van der Waals surface area (Å²) in [5, 5.41) is 8.73. The van der Waals surface area contributed by atoms with Crippen LogP contribution in [0.2, 0.25) is 0 Å². The van der Waals surface area contributed by atoms with Crippen molar-refractivity contribution in [3.63, 3.8) is 0 Å². The van der Waals surface area contributed by atoms with Gasteiger partial charge in [0.25, 0.3) is 0 Å². The SMILES string of the molecule is CN(C)C/C=C(\CC(=O)O)C(=O)OC(C)(C)C. The van der Waals surface area contributed by atoms with Gasteiger partial charge in [0.15, 0.2) is 0 Å². The topological polar surface area (TPSA) is 66.8 Å². The Kier molecular flexibility index (Phi) is 5.88. The zero-order chi connectivity index (χ0) is 13.6. The zero-order valence-electron chi connectivity index (χ0n) is 11.1. The molecular formula is C12H21NO4. The third kappa shape index (κ3) is 8.45. The molecule has 0 aromatic heterocycles. The number of rotatable bonds is 5. The normalized spacial score (nSPS) is 12.7. The summed E-state index contributed by atoms with van der Waals surface area (Å²) in [6.07, 6.45) is 1.27. The van der Waals surface area contributed by atoms with Gasteiger partial charge in [0.2, 0.25) is 0 Å². The Hall–Kier alpha value is -1.36. The Morgan fingerprint density at radius 1 is 1.29 bits per heavy atom. The lowest BCUT2D eigenvalue weighted by Gasteiger charge is -2.20. The minimum absolute atomic E-state index is 0.182. The van der Waals surface area contributed by atoms with Crippen molar-refractivity contribution < 1.29 is 19.4 Å². The molecule has 5 nitrogen and oxygen atoms in total. The van der Waals surface area contributed by atoms with Gasteiger partial charge >= 0.3 is 11.9 Å². The highest BCUT2D eigenvalue weighted by atomic mass is 16.6. The molecule has 0 saturated heterocycles. The number of carbonyl (C=O) groups excluding carboxylic acids is 1. The van der Waals surface area contributed by atoms with Crippen LogP contribution in [0.25, 0.3) is 0 Å². The van der Waals surface area contributed by atoms with Gasteiger partial charge in [-0.2, -0.15) is 0 Å². The Morgan fingerprint density at radius 3 is 2.18 bits per heavy atom. The summed E-state index contributed by atoms with van der Waals surface area (Å²) in [7, 11) is 3.67. The van der Waals surface area contributed by atoms with E-state index in [1.54, 1.807) is 26.8 Å². The van der Waals surface area contributed by atoms with Crippen LogP contribution in [-0.4, -0.2) is 48.2 Å². The predicted octanol–water partition coefficient (Wildman–Crippen LogP) is 1.29. The van der Waals surface area contributed by atoms with E-state index in [-0.39, 0.29) is 12.0 Å². The monoisotopic (exact) mass is 243 g/mol. The largest absolute Gasteiger partial charge is 0.481 e. The molecule has 0 aliphatic heterocycles. The number of esters is 1. The van der Waals surface area contributed by atoms with Crippen molar-refractivity contribution in [1.82, 2.24) is 4.90 Å². The van der Waals surface area contributed by atoms with E-state index in [0.717, 1.165) is 0 Å². The number of likely N-dealkylation sites (N-methyl/N-ethyl adjacent to an activating group) is 1. The van der Waals surface area contributed by atoms with Gasteiger partial charge in [0.1, 0.15) is 5.60 Å². The van der Waals surface area contributed by atoms with Gasteiger partial charge in [-0.1, -0.05) is 6.08 Å². The van der Waals surface area contributed by atoms with Crippen LogP contribution in [0.15, 0.2) is 11.6 Å². The number of nitrogens with zero attached hydrogens (tertiary/aromatic N) is 1. The summed E-state index contributed by atoms with van der Waals surface area (Å²) in [4.78, 5) is 24.2. The second kappa shape index (κ2) is 6.39. The third-order valence-corrected chi connectivity index (χ3v) is 1.71. The molecule has 17 heavy (non-hydrogen) atoms. The molecule has 0 rings (SSSR count). The van der Waals surface area contributed by atoms with E-state index in [9.17, 15) is 9.59 Å². The van der Waals surface area contributed by atoms with E-state index < -0.39 is 17.5 Å².